The molecule has 0 unspecified atom stereocenters. The van der Waals surface area contributed by atoms with Crippen LogP contribution < -0.4 is 4.98 Å². The van der Waals surface area contributed by atoms with Crippen molar-refractivity contribution in [3.05, 3.63) is 113 Å². The highest BCUT2D eigenvalue weighted by Gasteiger charge is 2.24. The lowest BCUT2D eigenvalue weighted by molar-refractivity contribution is -0.330. The Hall–Kier alpha value is -3.13. The average molecular weight is 427 g/mol. The molecule has 3 heteroatoms. The van der Waals surface area contributed by atoms with E-state index < -0.39 is 0 Å². The van der Waals surface area contributed by atoms with Crippen LogP contribution in [0.2, 0.25) is 10.0 Å². The van der Waals surface area contributed by atoms with Crippen LogP contribution in [0.1, 0.15) is 0 Å². The van der Waals surface area contributed by atoms with Gasteiger partial charge >= 0.3 is 0 Å². The number of rotatable bonds is 3. The zero-order valence-electron chi connectivity index (χ0n) is 16.1. The van der Waals surface area contributed by atoms with E-state index in [1.54, 1.807) is 0 Å². The van der Waals surface area contributed by atoms with E-state index in [2.05, 4.69) is 65.6 Å². The number of hydrogen-bond donors (Lipinski definition) is 0. The number of nitrogens with one attached hydrogen (secondary N) is 1. The molecule has 0 fully saturated rings. The molecule has 0 amide bonds. The number of pyridine rings is 1. The second-order valence-electron chi connectivity index (χ2n) is 7.18. The molecule has 1 N–H and O–H groups in total. The molecule has 144 valence electrons. The molecule has 0 radical (unpaired) electrons. The summed E-state index contributed by atoms with van der Waals surface area (Å²) in [4.78, 5) is 3.67. The lowest BCUT2D eigenvalue weighted by atomic mass is 9.88. The highest BCUT2D eigenvalue weighted by Crippen LogP contribution is 2.42. The van der Waals surface area contributed by atoms with E-state index in [4.69, 9.17) is 23.2 Å². The van der Waals surface area contributed by atoms with E-state index >= 15 is 0 Å². The Bertz CT molecular complexity index is 1330. The van der Waals surface area contributed by atoms with Crippen LogP contribution in [0, 0.1) is 0 Å². The zero-order valence-corrected chi connectivity index (χ0v) is 17.6. The smallest absolute Gasteiger partial charge is 0.204 e. The van der Waals surface area contributed by atoms with Gasteiger partial charge in [-0.2, -0.15) is 0 Å². The lowest BCUT2D eigenvalue weighted by Gasteiger charge is -2.15. The molecule has 4 aromatic carbocycles. The second-order valence-corrected chi connectivity index (χ2v) is 8.05. The van der Waals surface area contributed by atoms with Gasteiger partial charge in [0.05, 0.1) is 10.9 Å². The Balaban J connectivity index is 1.97. The number of aromatic amines is 1. The van der Waals surface area contributed by atoms with Crippen molar-refractivity contribution in [3.8, 4) is 33.5 Å². The van der Waals surface area contributed by atoms with Crippen LogP contribution in [0.15, 0.2) is 103 Å². The third kappa shape index (κ3) is 3.47. The number of benzene rings is 4. The Labute approximate surface area is 185 Å². The van der Waals surface area contributed by atoms with Crippen molar-refractivity contribution in [3.63, 3.8) is 0 Å². The molecule has 0 aliphatic heterocycles. The Kier molecular flexibility index (Phi) is 5.00. The summed E-state index contributed by atoms with van der Waals surface area (Å²) in [6.45, 7) is 0. The molecule has 0 saturated carbocycles. The Morgan fingerprint density at radius 3 is 1.70 bits per heavy atom. The minimum Gasteiger partial charge on any atom is -0.204 e. The summed E-state index contributed by atoms with van der Waals surface area (Å²) in [7, 11) is 0. The molecule has 0 atom stereocenters. The van der Waals surface area contributed by atoms with Crippen LogP contribution in [0.5, 0.6) is 0 Å². The number of fused-ring (bicyclic) bond motifs is 1. The first-order valence-electron chi connectivity index (χ1n) is 9.76. The van der Waals surface area contributed by atoms with E-state index in [1.807, 2.05) is 42.5 Å². The summed E-state index contributed by atoms with van der Waals surface area (Å²) in [6.07, 6.45) is 0. The van der Waals surface area contributed by atoms with Crippen LogP contribution in [0.3, 0.4) is 0 Å². The Morgan fingerprint density at radius 2 is 1.07 bits per heavy atom. The summed E-state index contributed by atoms with van der Waals surface area (Å²) in [5.41, 5.74) is 7.73. The van der Waals surface area contributed by atoms with Crippen molar-refractivity contribution in [1.29, 1.82) is 0 Å². The van der Waals surface area contributed by atoms with Gasteiger partial charge in [0.2, 0.25) is 11.2 Å². The van der Waals surface area contributed by atoms with Crippen LogP contribution in [-0.4, -0.2) is 0 Å². The topological polar surface area (TPSA) is 14.1 Å². The Morgan fingerprint density at radius 1 is 0.500 bits per heavy atom. The predicted octanol–water partition coefficient (Wildman–Crippen LogP) is 7.96. The molecule has 0 spiro atoms. The molecule has 30 heavy (non-hydrogen) atoms. The standard InChI is InChI=1S/C27H17Cl2N/c28-21-13-11-20(12-14-21)27-26(19-9-5-2-6-10-19)25(18-7-3-1-4-8-18)23-17-22(29)15-16-24(23)30-27/h1-17H/p+1. The van der Waals surface area contributed by atoms with Gasteiger partial charge in [-0.05, 0) is 47.5 Å². The first-order valence-corrected chi connectivity index (χ1v) is 10.5. The van der Waals surface area contributed by atoms with Gasteiger partial charge in [-0.1, -0.05) is 83.9 Å². The minimum absolute atomic E-state index is 0.714. The fourth-order valence-electron chi connectivity index (χ4n) is 3.92. The minimum atomic E-state index is 0.714. The van der Waals surface area contributed by atoms with E-state index in [0.29, 0.717) is 5.02 Å². The van der Waals surface area contributed by atoms with Crippen LogP contribution in [0.4, 0.5) is 0 Å². The van der Waals surface area contributed by atoms with Gasteiger partial charge < -0.3 is 0 Å². The fraction of sp³-hybridized carbons (Fsp3) is 0. The van der Waals surface area contributed by atoms with E-state index in [0.717, 1.165) is 49.4 Å². The summed E-state index contributed by atoms with van der Waals surface area (Å²) < 4.78 is 0. The van der Waals surface area contributed by atoms with Gasteiger partial charge in [-0.25, -0.2) is 4.98 Å². The highest BCUT2D eigenvalue weighted by molar-refractivity contribution is 6.31. The summed E-state index contributed by atoms with van der Waals surface area (Å²) >= 11 is 12.6. The first-order chi connectivity index (χ1) is 14.7. The van der Waals surface area contributed by atoms with E-state index in [-0.39, 0.29) is 0 Å². The van der Waals surface area contributed by atoms with Gasteiger partial charge in [-0.3, -0.25) is 0 Å². The quantitative estimate of drug-likeness (QED) is 0.277. The number of halogens is 2. The monoisotopic (exact) mass is 426 g/mol. The van der Waals surface area contributed by atoms with Crippen molar-refractivity contribution < 1.29 is 4.98 Å². The van der Waals surface area contributed by atoms with Crippen LogP contribution in [0.25, 0.3) is 44.4 Å². The normalized spacial score (nSPS) is 11.0. The maximum absolute atomic E-state index is 6.42. The van der Waals surface area contributed by atoms with Gasteiger partial charge in [-0.15, -0.1) is 0 Å². The van der Waals surface area contributed by atoms with Crippen molar-refractivity contribution >= 4 is 34.1 Å². The average Bonchev–Trinajstić information content (AvgIpc) is 2.79. The summed E-state index contributed by atoms with van der Waals surface area (Å²) in [5.74, 6) is 0. The largest absolute Gasteiger partial charge is 0.219 e. The zero-order chi connectivity index (χ0) is 20.5. The molecule has 5 aromatic rings. The van der Waals surface area contributed by atoms with Crippen LogP contribution >= 0.6 is 23.2 Å². The highest BCUT2D eigenvalue weighted by atomic mass is 35.5. The summed E-state index contributed by atoms with van der Waals surface area (Å²) in [5, 5.41) is 2.52. The van der Waals surface area contributed by atoms with E-state index in [1.165, 1.54) is 0 Å². The number of hydrogen-bond acceptors (Lipinski definition) is 0. The van der Waals surface area contributed by atoms with Crippen LogP contribution in [-0.2, 0) is 0 Å². The molecular formula is C27H18Cl2N+. The molecule has 1 nitrogen and oxygen atoms in total. The molecular weight excluding hydrogens is 409 g/mol. The summed E-state index contributed by atoms with van der Waals surface area (Å²) in [6, 6.07) is 34.9. The maximum Gasteiger partial charge on any atom is 0.219 e. The fourth-order valence-corrected chi connectivity index (χ4v) is 4.22. The molecule has 1 heterocycles. The molecule has 0 aliphatic rings. The maximum atomic E-state index is 6.42. The predicted molar refractivity (Wildman–Crippen MR) is 127 cm³/mol. The number of aromatic nitrogens is 1. The first kappa shape index (κ1) is 18.9. The van der Waals surface area contributed by atoms with Gasteiger partial charge in [0, 0.05) is 27.2 Å². The lowest BCUT2D eigenvalue weighted by Crippen LogP contribution is -2.12. The van der Waals surface area contributed by atoms with Gasteiger partial charge in [0.15, 0.2) is 0 Å². The number of H-pyrrole nitrogens is 1. The molecule has 0 aliphatic carbocycles. The molecule has 0 saturated heterocycles. The molecule has 1 aromatic heterocycles. The molecule has 0 bridgehead atoms. The third-order valence-corrected chi connectivity index (χ3v) is 5.76. The van der Waals surface area contributed by atoms with E-state index in [9.17, 15) is 0 Å². The van der Waals surface area contributed by atoms with Crippen molar-refractivity contribution in [2.75, 3.05) is 0 Å². The van der Waals surface area contributed by atoms with Gasteiger partial charge in [0.1, 0.15) is 0 Å². The second kappa shape index (κ2) is 7.95. The van der Waals surface area contributed by atoms with Crippen molar-refractivity contribution in [2.45, 2.75) is 0 Å². The molecule has 5 rings (SSSR count). The SMILES string of the molecule is Clc1ccc(-c2[nH+]c3ccc(Cl)cc3c(-c3ccccc3)c2-c2ccccc2)cc1. The van der Waals surface area contributed by atoms with Gasteiger partial charge in [0.25, 0.3) is 0 Å². The van der Waals surface area contributed by atoms with Crippen molar-refractivity contribution in [2.24, 2.45) is 0 Å². The third-order valence-electron chi connectivity index (χ3n) is 5.27. The van der Waals surface area contributed by atoms with Crippen molar-refractivity contribution in [1.82, 2.24) is 0 Å².